The molecule has 0 aliphatic carbocycles. The summed E-state index contributed by atoms with van der Waals surface area (Å²) in [5.74, 6) is -2.88. The highest BCUT2D eigenvalue weighted by Gasteiger charge is 2.26. The van der Waals surface area contributed by atoms with E-state index in [1.807, 2.05) is 6.07 Å². The van der Waals surface area contributed by atoms with Crippen molar-refractivity contribution in [1.29, 1.82) is 5.26 Å². The first kappa shape index (κ1) is 16.6. The second-order valence-electron chi connectivity index (χ2n) is 4.20. The molecule has 0 aliphatic heterocycles. The van der Waals surface area contributed by atoms with Gasteiger partial charge in [0.25, 0.3) is 0 Å². The van der Waals surface area contributed by atoms with E-state index in [1.165, 1.54) is 24.3 Å². The minimum atomic E-state index is -4.05. The van der Waals surface area contributed by atoms with Crippen LogP contribution in [0.15, 0.2) is 24.3 Å². The summed E-state index contributed by atoms with van der Waals surface area (Å²) in [5, 5.41) is 17.5. The van der Waals surface area contributed by atoms with Crippen molar-refractivity contribution in [3.63, 3.8) is 0 Å². The monoisotopic (exact) mass is 311 g/mol. The molecule has 0 spiro atoms. The quantitative estimate of drug-likeness (QED) is 0.679. The van der Waals surface area contributed by atoms with Gasteiger partial charge in [0.05, 0.1) is 23.9 Å². The maximum absolute atomic E-state index is 12.1. The van der Waals surface area contributed by atoms with Gasteiger partial charge in [-0.1, -0.05) is 12.1 Å². The summed E-state index contributed by atoms with van der Waals surface area (Å²) in [7, 11) is -4.05. The minimum Gasteiger partial charge on any atom is -0.480 e. The molecule has 1 aromatic rings. The van der Waals surface area contributed by atoms with E-state index < -0.39 is 40.7 Å². The van der Waals surface area contributed by atoms with Crippen LogP contribution in [-0.4, -0.2) is 42.8 Å². The fraction of sp³-hybridized carbons (Fsp3) is 0.250. The van der Waals surface area contributed by atoms with E-state index in [4.69, 9.17) is 16.1 Å². The maximum atomic E-state index is 12.1. The van der Waals surface area contributed by atoms with Gasteiger partial charge in [-0.2, -0.15) is 9.57 Å². The number of carbonyl (C=O) groups is 2. The highest BCUT2D eigenvalue weighted by atomic mass is 32.2. The average molecular weight is 311 g/mol. The largest absolute Gasteiger partial charge is 0.480 e. The zero-order valence-corrected chi connectivity index (χ0v) is 11.7. The molecule has 0 bridgehead atoms. The van der Waals surface area contributed by atoms with Crippen LogP contribution in [0, 0.1) is 11.3 Å². The molecule has 0 saturated heterocycles. The normalized spacial score (nSPS) is 11.0. The fourth-order valence-corrected chi connectivity index (χ4v) is 3.02. The number of benzene rings is 1. The molecule has 112 valence electrons. The number of carboxylic acid groups (broad SMARTS) is 1. The third-order valence-electron chi connectivity index (χ3n) is 2.44. The number of hydrogen-bond donors (Lipinski definition) is 2. The Bertz CT molecular complexity index is 677. The Morgan fingerprint density at radius 1 is 1.33 bits per heavy atom. The first-order valence-corrected chi connectivity index (χ1v) is 7.32. The van der Waals surface area contributed by atoms with E-state index in [9.17, 15) is 18.0 Å². The maximum Gasteiger partial charge on any atom is 0.318 e. The third kappa shape index (κ3) is 5.21. The van der Waals surface area contributed by atoms with Crippen LogP contribution in [0.3, 0.4) is 0 Å². The molecule has 3 N–H and O–H groups in total. The summed E-state index contributed by atoms with van der Waals surface area (Å²) >= 11 is 0. The van der Waals surface area contributed by atoms with Crippen LogP contribution in [0.25, 0.3) is 0 Å². The van der Waals surface area contributed by atoms with Gasteiger partial charge in [0, 0.05) is 0 Å². The van der Waals surface area contributed by atoms with Crippen molar-refractivity contribution in [2.24, 2.45) is 5.73 Å². The van der Waals surface area contributed by atoms with E-state index in [0.29, 0.717) is 9.87 Å². The second-order valence-corrected chi connectivity index (χ2v) is 6.17. The van der Waals surface area contributed by atoms with Crippen molar-refractivity contribution in [1.82, 2.24) is 4.31 Å². The van der Waals surface area contributed by atoms with Gasteiger partial charge in [0.2, 0.25) is 15.9 Å². The number of primary amides is 1. The molecule has 9 heteroatoms. The van der Waals surface area contributed by atoms with Crippen LogP contribution in [0.1, 0.15) is 11.1 Å². The lowest BCUT2D eigenvalue weighted by Gasteiger charge is -2.18. The van der Waals surface area contributed by atoms with Crippen LogP contribution in [0.4, 0.5) is 0 Å². The van der Waals surface area contributed by atoms with Gasteiger partial charge in [-0.15, -0.1) is 0 Å². The molecule has 0 fully saturated rings. The molecule has 0 unspecified atom stereocenters. The van der Waals surface area contributed by atoms with Crippen molar-refractivity contribution in [3.8, 4) is 6.07 Å². The summed E-state index contributed by atoms with van der Waals surface area (Å²) in [6.45, 7) is -1.57. The highest BCUT2D eigenvalue weighted by Crippen LogP contribution is 2.12. The number of amides is 1. The van der Waals surface area contributed by atoms with E-state index in [1.54, 1.807) is 0 Å². The SMILES string of the molecule is N#Cc1cccc(CS(=O)(=O)N(CC(N)=O)CC(=O)O)c1. The Morgan fingerprint density at radius 3 is 2.52 bits per heavy atom. The molecule has 0 aromatic heterocycles. The molecule has 1 aromatic carbocycles. The number of rotatable bonds is 7. The fourth-order valence-electron chi connectivity index (χ4n) is 1.61. The molecule has 0 atom stereocenters. The molecule has 21 heavy (non-hydrogen) atoms. The Balaban J connectivity index is 3.02. The van der Waals surface area contributed by atoms with Gasteiger partial charge < -0.3 is 10.8 Å². The van der Waals surface area contributed by atoms with Gasteiger partial charge in [0.15, 0.2) is 0 Å². The highest BCUT2D eigenvalue weighted by molar-refractivity contribution is 7.88. The standard InChI is InChI=1S/C12H13N3O5S/c13-5-9-2-1-3-10(4-9)8-21(19,20)15(6-11(14)16)7-12(17)18/h1-4H,6-8H2,(H2,14,16)(H,17,18). The Morgan fingerprint density at radius 2 is 2.00 bits per heavy atom. The lowest BCUT2D eigenvalue weighted by atomic mass is 10.2. The molecule has 0 aliphatic rings. The molecule has 1 amide bonds. The van der Waals surface area contributed by atoms with Gasteiger partial charge >= 0.3 is 5.97 Å². The number of nitrogens with zero attached hydrogens (tertiary/aromatic N) is 2. The summed E-state index contributed by atoms with van der Waals surface area (Å²) in [5.41, 5.74) is 5.52. The number of nitriles is 1. The van der Waals surface area contributed by atoms with Crippen molar-refractivity contribution in [3.05, 3.63) is 35.4 Å². The lowest BCUT2D eigenvalue weighted by molar-refractivity contribution is -0.137. The summed E-state index contributed by atoms with van der Waals surface area (Å²) in [6, 6.07) is 7.75. The van der Waals surface area contributed by atoms with Gasteiger partial charge in [-0.25, -0.2) is 8.42 Å². The summed E-state index contributed by atoms with van der Waals surface area (Å²) in [6.07, 6.45) is 0. The van der Waals surface area contributed by atoms with Crippen molar-refractivity contribution >= 4 is 21.9 Å². The second kappa shape index (κ2) is 6.83. The number of carbonyl (C=O) groups excluding carboxylic acids is 1. The number of hydrogen-bond acceptors (Lipinski definition) is 5. The Kier molecular flexibility index (Phi) is 5.40. The molecule has 1 rings (SSSR count). The zero-order chi connectivity index (χ0) is 16.0. The molecular weight excluding hydrogens is 298 g/mol. The zero-order valence-electron chi connectivity index (χ0n) is 10.9. The smallest absolute Gasteiger partial charge is 0.318 e. The molecule has 8 nitrogen and oxygen atoms in total. The van der Waals surface area contributed by atoms with Crippen LogP contribution < -0.4 is 5.73 Å². The number of sulfonamides is 1. The lowest BCUT2D eigenvalue weighted by Crippen LogP contribution is -2.42. The van der Waals surface area contributed by atoms with Gasteiger partial charge in [-0.05, 0) is 17.7 Å². The predicted octanol–water partition coefficient (Wildman–Crippen LogP) is -0.740. The van der Waals surface area contributed by atoms with Crippen LogP contribution in [0.2, 0.25) is 0 Å². The van der Waals surface area contributed by atoms with Gasteiger partial charge in [-0.3, -0.25) is 9.59 Å². The van der Waals surface area contributed by atoms with Crippen molar-refractivity contribution < 1.29 is 23.1 Å². The molecule has 0 saturated carbocycles. The van der Waals surface area contributed by atoms with E-state index in [-0.39, 0.29) is 5.56 Å². The van der Waals surface area contributed by atoms with Crippen LogP contribution >= 0.6 is 0 Å². The number of carboxylic acids is 1. The van der Waals surface area contributed by atoms with Gasteiger partial charge in [0.1, 0.15) is 6.54 Å². The predicted molar refractivity (Wildman–Crippen MR) is 72.2 cm³/mol. The minimum absolute atomic E-state index is 0.280. The van der Waals surface area contributed by atoms with E-state index in [2.05, 4.69) is 0 Å². The molecule has 0 heterocycles. The first-order valence-electron chi connectivity index (χ1n) is 5.71. The molecular formula is C12H13N3O5S. The Labute approximate surface area is 121 Å². The van der Waals surface area contributed by atoms with Crippen molar-refractivity contribution in [2.45, 2.75) is 5.75 Å². The number of aliphatic carboxylic acids is 1. The van der Waals surface area contributed by atoms with Crippen LogP contribution in [-0.2, 0) is 25.4 Å². The average Bonchev–Trinajstić information content (AvgIpc) is 2.36. The summed E-state index contributed by atoms with van der Waals surface area (Å²) in [4.78, 5) is 21.6. The molecule has 0 radical (unpaired) electrons. The summed E-state index contributed by atoms with van der Waals surface area (Å²) < 4.78 is 24.8. The topological polar surface area (TPSA) is 142 Å². The van der Waals surface area contributed by atoms with Crippen molar-refractivity contribution in [2.75, 3.05) is 13.1 Å². The van der Waals surface area contributed by atoms with E-state index in [0.717, 1.165) is 0 Å². The number of nitrogens with two attached hydrogens (primary N) is 1. The first-order chi connectivity index (χ1) is 9.74. The Hall–Kier alpha value is -2.44. The van der Waals surface area contributed by atoms with Crippen LogP contribution in [0.5, 0.6) is 0 Å². The third-order valence-corrected chi connectivity index (χ3v) is 4.19. The van der Waals surface area contributed by atoms with E-state index >= 15 is 0 Å².